The van der Waals surface area contributed by atoms with E-state index in [-0.39, 0.29) is 10.8 Å². The maximum absolute atomic E-state index is 13.1. The van der Waals surface area contributed by atoms with E-state index in [0.29, 0.717) is 49.1 Å². The van der Waals surface area contributed by atoms with E-state index >= 15 is 0 Å². The Kier molecular flexibility index (Phi) is 6.70. The molecule has 0 unspecified atom stereocenters. The second-order valence-corrected chi connectivity index (χ2v) is 11.3. The van der Waals surface area contributed by atoms with Crippen molar-refractivity contribution in [1.29, 1.82) is 0 Å². The van der Waals surface area contributed by atoms with Crippen LogP contribution in [0.15, 0.2) is 90.0 Å². The standard InChI is InChI=1S/C29H29N3O4S/c1-21-6-2-3-7-24(21)20-29(34)15-18-32(19-16-29)28(33)23-11-13-25(14-12-23)31-37(35,36)26-10-4-8-22-9-5-17-30-27(22)26/h2-14,17,31,34H,15-16,18-20H2,1H3. The first kappa shape index (κ1) is 24.9. The quantitative estimate of drug-likeness (QED) is 0.392. The zero-order valence-corrected chi connectivity index (χ0v) is 21.4. The van der Waals surface area contributed by atoms with Gasteiger partial charge in [0.25, 0.3) is 15.9 Å². The predicted octanol–water partition coefficient (Wildman–Crippen LogP) is 4.55. The first-order valence-corrected chi connectivity index (χ1v) is 13.8. The van der Waals surface area contributed by atoms with Crippen LogP contribution in [0.3, 0.4) is 0 Å². The van der Waals surface area contributed by atoms with Gasteiger partial charge in [-0.2, -0.15) is 0 Å². The number of likely N-dealkylation sites (tertiary alicyclic amines) is 1. The molecular formula is C29H29N3O4S. The fourth-order valence-corrected chi connectivity index (χ4v) is 6.07. The second-order valence-electron chi connectivity index (χ2n) is 9.63. The third-order valence-electron chi connectivity index (χ3n) is 7.03. The lowest BCUT2D eigenvalue weighted by Gasteiger charge is -2.38. The maximum Gasteiger partial charge on any atom is 0.264 e. The lowest BCUT2D eigenvalue weighted by atomic mass is 9.84. The number of pyridine rings is 1. The summed E-state index contributed by atoms with van der Waals surface area (Å²) in [4.78, 5) is 19.2. The van der Waals surface area contributed by atoms with Crippen LogP contribution in [0, 0.1) is 6.92 Å². The summed E-state index contributed by atoms with van der Waals surface area (Å²) in [5.41, 5.74) is 2.68. The van der Waals surface area contributed by atoms with E-state index < -0.39 is 15.6 Å². The summed E-state index contributed by atoms with van der Waals surface area (Å²) in [6, 6.07) is 23.0. The van der Waals surface area contributed by atoms with E-state index in [0.717, 1.165) is 16.5 Å². The number of carbonyl (C=O) groups is 1. The van der Waals surface area contributed by atoms with Crippen molar-refractivity contribution in [3.05, 3.63) is 102 Å². The van der Waals surface area contributed by atoms with Crippen LogP contribution >= 0.6 is 0 Å². The van der Waals surface area contributed by atoms with E-state index in [2.05, 4.69) is 9.71 Å². The van der Waals surface area contributed by atoms with Crippen LogP contribution in [0.25, 0.3) is 10.9 Å². The van der Waals surface area contributed by atoms with Gasteiger partial charge in [-0.05, 0) is 67.3 Å². The van der Waals surface area contributed by atoms with Gasteiger partial charge in [0.15, 0.2) is 0 Å². The first-order chi connectivity index (χ1) is 17.7. The minimum atomic E-state index is -3.87. The number of anilines is 1. The SMILES string of the molecule is Cc1ccccc1CC1(O)CCN(C(=O)c2ccc(NS(=O)(=O)c3cccc4cccnc34)cc2)CC1. The van der Waals surface area contributed by atoms with Crippen molar-refractivity contribution in [2.45, 2.75) is 36.7 Å². The number of sulfonamides is 1. The van der Waals surface area contributed by atoms with Crippen LogP contribution in [0.4, 0.5) is 5.69 Å². The maximum atomic E-state index is 13.1. The fraction of sp³-hybridized carbons (Fsp3) is 0.241. The Morgan fingerprint density at radius 3 is 2.41 bits per heavy atom. The smallest absolute Gasteiger partial charge is 0.264 e. The van der Waals surface area contributed by atoms with Crippen LogP contribution in [-0.2, 0) is 16.4 Å². The molecule has 0 bridgehead atoms. The van der Waals surface area contributed by atoms with Crippen molar-refractivity contribution in [1.82, 2.24) is 9.88 Å². The van der Waals surface area contributed by atoms with Crippen LogP contribution in [0.5, 0.6) is 0 Å². The highest BCUT2D eigenvalue weighted by Crippen LogP contribution is 2.29. The van der Waals surface area contributed by atoms with Crippen molar-refractivity contribution < 1.29 is 18.3 Å². The number of piperidine rings is 1. The number of aromatic nitrogens is 1. The van der Waals surface area contributed by atoms with Crippen molar-refractivity contribution in [2.24, 2.45) is 0 Å². The molecule has 2 heterocycles. The third-order valence-corrected chi connectivity index (χ3v) is 8.44. The highest BCUT2D eigenvalue weighted by molar-refractivity contribution is 7.93. The normalized spacial score (nSPS) is 15.5. The summed E-state index contributed by atoms with van der Waals surface area (Å²) < 4.78 is 28.7. The minimum absolute atomic E-state index is 0.0947. The zero-order chi connectivity index (χ0) is 26.0. The number of carbonyl (C=O) groups excluding carboxylic acids is 1. The van der Waals surface area contributed by atoms with Crippen molar-refractivity contribution in [2.75, 3.05) is 17.8 Å². The van der Waals surface area contributed by atoms with Gasteiger partial charge >= 0.3 is 0 Å². The molecule has 0 saturated carbocycles. The molecule has 4 aromatic rings. The summed E-state index contributed by atoms with van der Waals surface area (Å²) in [5, 5.41) is 11.9. The average molecular weight is 516 g/mol. The molecule has 0 aliphatic carbocycles. The predicted molar refractivity (Wildman–Crippen MR) is 144 cm³/mol. The molecule has 37 heavy (non-hydrogen) atoms. The zero-order valence-electron chi connectivity index (χ0n) is 20.6. The van der Waals surface area contributed by atoms with Gasteiger partial charge in [0.2, 0.25) is 0 Å². The van der Waals surface area contributed by atoms with Crippen molar-refractivity contribution in [3.8, 4) is 0 Å². The van der Waals surface area contributed by atoms with Gasteiger partial charge in [0.1, 0.15) is 4.90 Å². The molecule has 3 aromatic carbocycles. The average Bonchev–Trinajstić information content (AvgIpc) is 2.90. The number of aliphatic hydroxyl groups is 1. The van der Waals surface area contributed by atoms with Crippen molar-refractivity contribution >= 4 is 32.5 Å². The van der Waals surface area contributed by atoms with Gasteiger partial charge in [-0.1, -0.05) is 42.5 Å². The van der Waals surface area contributed by atoms with Gasteiger partial charge < -0.3 is 10.0 Å². The van der Waals surface area contributed by atoms with E-state index in [9.17, 15) is 18.3 Å². The molecule has 190 valence electrons. The van der Waals surface area contributed by atoms with Crippen LogP contribution < -0.4 is 4.72 Å². The molecule has 1 amide bonds. The Bertz CT molecular complexity index is 1540. The highest BCUT2D eigenvalue weighted by atomic mass is 32.2. The van der Waals surface area contributed by atoms with Gasteiger partial charge in [0, 0.05) is 42.3 Å². The van der Waals surface area contributed by atoms with Crippen LogP contribution in [-0.4, -0.2) is 48.0 Å². The molecule has 5 rings (SSSR count). The molecule has 8 heteroatoms. The Morgan fingerprint density at radius 1 is 0.973 bits per heavy atom. The fourth-order valence-electron chi connectivity index (χ4n) is 4.83. The summed E-state index contributed by atoms with van der Waals surface area (Å²) in [7, 11) is -3.87. The Labute approximate surface area is 216 Å². The minimum Gasteiger partial charge on any atom is -0.389 e. The second kappa shape index (κ2) is 9.95. The summed E-state index contributed by atoms with van der Waals surface area (Å²) >= 11 is 0. The number of aryl methyl sites for hydroxylation is 1. The monoisotopic (exact) mass is 515 g/mol. The molecule has 1 aliphatic heterocycles. The molecule has 7 nitrogen and oxygen atoms in total. The Balaban J connectivity index is 1.24. The number of para-hydroxylation sites is 1. The number of benzene rings is 3. The Morgan fingerprint density at radius 2 is 1.68 bits per heavy atom. The van der Waals surface area contributed by atoms with Gasteiger partial charge in [-0.25, -0.2) is 8.42 Å². The number of hydrogen-bond donors (Lipinski definition) is 2. The number of amides is 1. The highest BCUT2D eigenvalue weighted by Gasteiger charge is 2.34. The topological polar surface area (TPSA) is 99.6 Å². The molecule has 1 fully saturated rings. The number of hydrogen-bond acceptors (Lipinski definition) is 5. The lowest BCUT2D eigenvalue weighted by Crippen LogP contribution is -2.47. The van der Waals surface area contributed by atoms with E-state index in [1.54, 1.807) is 47.5 Å². The summed E-state index contributed by atoms with van der Waals surface area (Å²) in [6.45, 7) is 2.97. The van der Waals surface area contributed by atoms with Crippen LogP contribution in [0.2, 0.25) is 0 Å². The molecular weight excluding hydrogens is 486 g/mol. The largest absolute Gasteiger partial charge is 0.389 e. The molecule has 1 aliphatic rings. The van der Waals surface area contributed by atoms with E-state index in [4.69, 9.17) is 0 Å². The number of nitrogens with one attached hydrogen (secondary N) is 1. The van der Waals surface area contributed by atoms with Gasteiger partial charge in [-0.3, -0.25) is 14.5 Å². The van der Waals surface area contributed by atoms with E-state index in [1.807, 2.05) is 43.3 Å². The first-order valence-electron chi connectivity index (χ1n) is 12.3. The molecule has 1 saturated heterocycles. The molecule has 2 N–H and O–H groups in total. The third kappa shape index (κ3) is 5.35. The molecule has 1 aromatic heterocycles. The molecule has 0 atom stereocenters. The number of rotatable bonds is 6. The van der Waals surface area contributed by atoms with Crippen LogP contribution in [0.1, 0.15) is 34.3 Å². The molecule has 0 spiro atoms. The number of fused-ring (bicyclic) bond motifs is 1. The molecule has 0 radical (unpaired) electrons. The van der Waals surface area contributed by atoms with Crippen molar-refractivity contribution in [3.63, 3.8) is 0 Å². The van der Waals surface area contributed by atoms with Gasteiger partial charge in [0.05, 0.1) is 11.1 Å². The Hall–Kier alpha value is -3.75. The number of nitrogens with zero attached hydrogens (tertiary/aromatic N) is 2. The lowest BCUT2D eigenvalue weighted by molar-refractivity contribution is -0.0163. The van der Waals surface area contributed by atoms with Gasteiger partial charge in [-0.15, -0.1) is 0 Å². The summed E-state index contributed by atoms with van der Waals surface area (Å²) in [5.74, 6) is -0.134. The summed E-state index contributed by atoms with van der Waals surface area (Å²) in [6.07, 6.45) is 3.14. The van der Waals surface area contributed by atoms with E-state index in [1.165, 1.54) is 6.07 Å².